The van der Waals surface area contributed by atoms with Crippen molar-refractivity contribution in [1.29, 1.82) is 0 Å². The van der Waals surface area contributed by atoms with Crippen molar-refractivity contribution in [2.24, 2.45) is 0 Å². The minimum atomic E-state index is -1.13. The highest BCUT2D eigenvalue weighted by molar-refractivity contribution is 5.97. The van der Waals surface area contributed by atoms with E-state index >= 15 is 0 Å². The van der Waals surface area contributed by atoms with Crippen molar-refractivity contribution in [2.45, 2.75) is 20.0 Å². The lowest BCUT2D eigenvalue weighted by molar-refractivity contribution is -0.122. The molecule has 1 atom stereocenters. The van der Waals surface area contributed by atoms with E-state index in [1.165, 1.54) is 19.9 Å². The van der Waals surface area contributed by atoms with Crippen LogP contribution in [-0.4, -0.2) is 17.8 Å². The van der Waals surface area contributed by atoms with Crippen molar-refractivity contribution in [1.82, 2.24) is 0 Å². The van der Waals surface area contributed by atoms with Crippen LogP contribution in [0.25, 0.3) is 0 Å². The van der Waals surface area contributed by atoms with Crippen molar-refractivity contribution in [3.63, 3.8) is 0 Å². The number of amides is 1. The Morgan fingerprint density at radius 3 is 2.33 bits per heavy atom. The lowest BCUT2D eigenvalue weighted by atomic mass is 10.1. The molecule has 0 spiro atoms. The standard InChI is InChI=1S/C17H14F3NO3/c1-9(22)13-7-11(18)4-6-16(13)24-10(2)17(23)21-15-8-12(19)3-5-14(15)20/h3-8,10H,1-2H3,(H,21,23)/t10-/m1/s1. The SMILES string of the molecule is CC(=O)c1cc(F)ccc1O[C@H](C)C(=O)Nc1cc(F)ccc1F. The van der Waals surface area contributed by atoms with E-state index in [0.717, 1.165) is 30.3 Å². The smallest absolute Gasteiger partial charge is 0.265 e. The average molecular weight is 337 g/mol. The summed E-state index contributed by atoms with van der Waals surface area (Å²) in [4.78, 5) is 23.5. The van der Waals surface area contributed by atoms with Gasteiger partial charge in [0.2, 0.25) is 0 Å². The highest BCUT2D eigenvalue weighted by Gasteiger charge is 2.19. The Balaban J connectivity index is 2.15. The second kappa shape index (κ2) is 7.16. The first-order valence-electron chi connectivity index (χ1n) is 7.01. The molecule has 1 N–H and O–H groups in total. The van der Waals surface area contributed by atoms with E-state index in [-0.39, 0.29) is 17.0 Å². The molecule has 0 unspecified atom stereocenters. The summed E-state index contributed by atoms with van der Waals surface area (Å²) >= 11 is 0. The maximum Gasteiger partial charge on any atom is 0.265 e. The quantitative estimate of drug-likeness (QED) is 0.846. The van der Waals surface area contributed by atoms with Gasteiger partial charge in [-0.15, -0.1) is 0 Å². The van der Waals surface area contributed by atoms with Crippen LogP contribution in [0.4, 0.5) is 18.9 Å². The maximum absolute atomic E-state index is 13.5. The van der Waals surface area contributed by atoms with Crippen molar-refractivity contribution >= 4 is 17.4 Å². The topological polar surface area (TPSA) is 55.4 Å². The third kappa shape index (κ3) is 4.13. The van der Waals surface area contributed by atoms with E-state index in [1.54, 1.807) is 0 Å². The molecule has 0 saturated carbocycles. The number of ketones is 1. The van der Waals surface area contributed by atoms with Gasteiger partial charge in [-0.2, -0.15) is 0 Å². The van der Waals surface area contributed by atoms with Crippen LogP contribution in [0, 0.1) is 17.5 Å². The van der Waals surface area contributed by atoms with Gasteiger partial charge in [0.25, 0.3) is 5.91 Å². The molecule has 126 valence electrons. The molecule has 0 aliphatic rings. The number of anilines is 1. The zero-order valence-corrected chi connectivity index (χ0v) is 12.9. The van der Waals surface area contributed by atoms with E-state index in [0.29, 0.717) is 0 Å². The molecule has 0 aromatic heterocycles. The molecule has 0 fully saturated rings. The number of nitrogens with one attached hydrogen (secondary N) is 1. The van der Waals surface area contributed by atoms with Crippen molar-refractivity contribution in [2.75, 3.05) is 5.32 Å². The molecule has 0 radical (unpaired) electrons. The van der Waals surface area contributed by atoms with Crippen molar-refractivity contribution < 1.29 is 27.5 Å². The van der Waals surface area contributed by atoms with E-state index in [1.807, 2.05) is 0 Å². The molecule has 4 nitrogen and oxygen atoms in total. The Bertz CT molecular complexity index is 793. The monoisotopic (exact) mass is 337 g/mol. The van der Waals surface area contributed by atoms with E-state index < -0.39 is 35.2 Å². The highest BCUT2D eigenvalue weighted by atomic mass is 19.1. The summed E-state index contributed by atoms with van der Waals surface area (Å²) in [6.45, 7) is 2.59. The third-order valence-corrected chi connectivity index (χ3v) is 3.18. The number of Topliss-reactive ketones (excluding diaryl/α,β-unsaturated/α-hetero) is 1. The van der Waals surface area contributed by atoms with E-state index in [4.69, 9.17) is 4.74 Å². The molecule has 0 aliphatic heterocycles. The number of rotatable bonds is 5. The van der Waals surface area contributed by atoms with Crippen LogP contribution >= 0.6 is 0 Å². The normalized spacial score (nSPS) is 11.7. The Morgan fingerprint density at radius 1 is 1.04 bits per heavy atom. The van der Waals surface area contributed by atoms with Crippen molar-refractivity contribution in [3.05, 3.63) is 59.4 Å². The molecule has 24 heavy (non-hydrogen) atoms. The van der Waals surface area contributed by atoms with Crippen LogP contribution in [0.2, 0.25) is 0 Å². The number of hydrogen-bond donors (Lipinski definition) is 1. The molecule has 2 aromatic rings. The Morgan fingerprint density at radius 2 is 1.67 bits per heavy atom. The van der Waals surface area contributed by atoms with E-state index in [9.17, 15) is 22.8 Å². The Kier molecular flexibility index (Phi) is 5.23. The van der Waals surface area contributed by atoms with Gasteiger partial charge in [-0.1, -0.05) is 0 Å². The van der Waals surface area contributed by atoms with Gasteiger partial charge in [0.1, 0.15) is 23.2 Å². The second-order valence-electron chi connectivity index (χ2n) is 5.07. The lowest BCUT2D eigenvalue weighted by Gasteiger charge is -2.17. The largest absolute Gasteiger partial charge is 0.480 e. The van der Waals surface area contributed by atoms with Gasteiger partial charge in [0.05, 0.1) is 11.3 Å². The molecule has 0 aliphatic carbocycles. The van der Waals surface area contributed by atoms with Crippen LogP contribution in [-0.2, 0) is 4.79 Å². The number of ether oxygens (including phenoxy) is 1. The fraction of sp³-hybridized carbons (Fsp3) is 0.176. The highest BCUT2D eigenvalue weighted by Crippen LogP contribution is 2.22. The first-order valence-corrected chi connectivity index (χ1v) is 7.01. The summed E-state index contributed by atoms with van der Waals surface area (Å²) in [5, 5.41) is 2.19. The second-order valence-corrected chi connectivity index (χ2v) is 5.07. The number of benzene rings is 2. The van der Waals surface area contributed by atoms with Gasteiger partial charge in [-0.3, -0.25) is 9.59 Å². The predicted molar refractivity (Wildman–Crippen MR) is 81.5 cm³/mol. The molecule has 0 bridgehead atoms. The minimum Gasteiger partial charge on any atom is -0.480 e. The van der Waals surface area contributed by atoms with Crippen LogP contribution in [0.5, 0.6) is 5.75 Å². The van der Waals surface area contributed by atoms with Gasteiger partial charge in [-0.25, -0.2) is 13.2 Å². The van der Waals surface area contributed by atoms with Crippen LogP contribution in [0.1, 0.15) is 24.2 Å². The molecule has 0 heterocycles. The summed E-state index contributed by atoms with van der Waals surface area (Å²) < 4.78 is 45.2. The van der Waals surface area contributed by atoms with E-state index in [2.05, 4.69) is 5.32 Å². The van der Waals surface area contributed by atoms with Crippen LogP contribution in [0.3, 0.4) is 0 Å². The number of halogens is 3. The third-order valence-electron chi connectivity index (χ3n) is 3.18. The first kappa shape index (κ1) is 17.5. The Hall–Kier alpha value is -2.83. The fourth-order valence-electron chi connectivity index (χ4n) is 1.95. The van der Waals surface area contributed by atoms with Gasteiger partial charge in [0, 0.05) is 6.07 Å². The minimum absolute atomic E-state index is 0.0197. The van der Waals surface area contributed by atoms with Gasteiger partial charge < -0.3 is 10.1 Å². The number of carbonyl (C=O) groups excluding carboxylic acids is 2. The van der Waals surface area contributed by atoms with Gasteiger partial charge in [-0.05, 0) is 44.2 Å². The zero-order chi connectivity index (χ0) is 17.9. The summed E-state index contributed by atoms with van der Waals surface area (Å²) in [5.74, 6) is -3.30. The molecular weight excluding hydrogens is 323 g/mol. The lowest BCUT2D eigenvalue weighted by Crippen LogP contribution is -2.31. The van der Waals surface area contributed by atoms with Gasteiger partial charge in [0.15, 0.2) is 11.9 Å². The number of hydrogen-bond acceptors (Lipinski definition) is 3. The number of carbonyl (C=O) groups is 2. The molecule has 1 amide bonds. The maximum atomic E-state index is 13.5. The molecule has 2 rings (SSSR count). The van der Waals surface area contributed by atoms with Crippen molar-refractivity contribution in [3.8, 4) is 5.75 Å². The zero-order valence-electron chi connectivity index (χ0n) is 12.9. The molecule has 7 heteroatoms. The van der Waals surface area contributed by atoms with Crippen LogP contribution in [0.15, 0.2) is 36.4 Å². The summed E-state index contributed by atoms with van der Waals surface area (Å²) in [7, 11) is 0. The molecule has 0 saturated heterocycles. The fourth-order valence-corrected chi connectivity index (χ4v) is 1.95. The summed E-state index contributed by atoms with van der Waals surface area (Å²) in [6.07, 6.45) is -1.13. The molecular formula is C17H14F3NO3. The van der Waals surface area contributed by atoms with Crippen LogP contribution < -0.4 is 10.1 Å². The summed E-state index contributed by atoms with van der Waals surface area (Å²) in [5.41, 5.74) is -0.354. The average Bonchev–Trinajstić information content (AvgIpc) is 2.52. The first-order chi connectivity index (χ1) is 11.3. The summed E-state index contributed by atoms with van der Waals surface area (Å²) in [6, 6.07) is 5.93. The molecule has 2 aromatic carbocycles. The van der Waals surface area contributed by atoms with Gasteiger partial charge >= 0.3 is 0 Å². The predicted octanol–water partition coefficient (Wildman–Crippen LogP) is 3.71. The Labute approximate surface area is 136 Å².